The maximum absolute atomic E-state index is 6.37. The third-order valence-corrected chi connectivity index (χ3v) is 6.41. The fourth-order valence-corrected chi connectivity index (χ4v) is 4.23. The molecule has 1 fully saturated rings. The first kappa shape index (κ1) is 17.6. The minimum atomic E-state index is 0.463. The lowest BCUT2D eigenvalue weighted by Gasteiger charge is -2.38. The average Bonchev–Trinajstić information content (AvgIpc) is 2.51. The molecular weight excluding hydrogens is 393 g/mol. The predicted molar refractivity (Wildman–Crippen MR) is 101 cm³/mol. The number of benzene rings is 1. The van der Waals surface area contributed by atoms with E-state index in [-0.39, 0.29) is 0 Å². The van der Waals surface area contributed by atoms with Gasteiger partial charge in [0.1, 0.15) is 0 Å². The molecule has 3 atom stereocenters. The summed E-state index contributed by atoms with van der Waals surface area (Å²) in [5.41, 5.74) is 1.37. The molecule has 0 saturated heterocycles. The van der Waals surface area contributed by atoms with Gasteiger partial charge < -0.3 is 5.32 Å². The van der Waals surface area contributed by atoms with Gasteiger partial charge in [-0.2, -0.15) is 0 Å². The summed E-state index contributed by atoms with van der Waals surface area (Å²) in [7, 11) is 0. The quantitative estimate of drug-likeness (QED) is 0.541. The summed E-state index contributed by atoms with van der Waals surface area (Å²) < 4.78 is 1.14. The molecule has 0 heterocycles. The number of halogens is 2. The molecule has 1 N–H and O–H groups in total. The molecule has 1 aliphatic rings. The minimum absolute atomic E-state index is 0.463. The van der Waals surface area contributed by atoms with Crippen LogP contribution in [-0.4, -0.2) is 6.54 Å². The number of hydrogen-bond acceptors (Lipinski definition) is 1. The molecule has 3 unspecified atom stereocenters. The van der Waals surface area contributed by atoms with Crippen molar-refractivity contribution in [2.75, 3.05) is 6.54 Å². The molecule has 0 radical (unpaired) electrons. The molecular formula is C18H27ClIN. The van der Waals surface area contributed by atoms with Crippen LogP contribution in [0.5, 0.6) is 0 Å². The zero-order valence-electron chi connectivity index (χ0n) is 13.2. The first-order chi connectivity index (χ1) is 10.2. The normalized spacial score (nSPS) is 24.0. The molecule has 0 bridgehead atoms. The fourth-order valence-electron chi connectivity index (χ4n) is 3.70. The SMILES string of the molecule is CCCNC(c1ccc(I)c(Cl)c1)C1CCCCC1CC. The topological polar surface area (TPSA) is 12.0 Å². The Labute approximate surface area is 148 Å². The highest BCUT2D eigenvalue weighted by atomic mass is 127. The lowest BCUT2D eigenvalue weighted by atomic mass is 9.72. The van der Waals surface area contributed by atoms with Gasteiger partial charge in [0.05, 0.1) is 5.02 Å². The van der Waals surface area contributed by atoms with E-state index in [1.807, 2.05) is 0 Å². The van der Waals surface area contributed by atoms with E-state index in [2.05, 4.69) is 60.0 Å². The Kier molecular flexibility index (Phi) is 7.30. The summed E-state index contributed by atoms with van der Waals surface area (Å²) in [5, 5.41) is 4.69. The van der Waals surface area contributed by atoms with E-state index >= 15 is 0 Å². The zero-order valence-corrected chi connectivity index (χ0v) is 16.1. The van der Waals surface area contributed by atoms with Crippen LogP contribution in [0.1, 0.15) is 64.0 Å². The van der Waals surface area contributed by atoms with E-state index in [1.54, 1.807) is 0 Å². The standard InChI is InChI=1S/C18H27ClIN/c1-3-11-21-18(14-9-10-17(20)16(19)12-14)15-8-6-5-7-13(15)4-2/h9-10,12-13,15,18,21H,3-8,11H2,1-2H3. The van der Waals surface area contributed by atoms with Crippen LogP contribution in [0.2, 0.25) is 5.02 Å². The molecule has 3 heteroatoms. The van der Waals surface area contributed by atoms with Crippen LogP contribution >= 0.6 is 34.2 Å². The molecule has 118 valence electrons. The van der Waals surface area contributed by atoms with Gasteiger partial charge in [0.2, 0.25) is 0 Å². The smallest absolute Gasteiger partial charge is 0.0542 e. The first-order valence-corrected chi connectivity index (χ1v) is 9.81. The molecule has 2 rings (SSSR count). The van der Waals surface area contributed by atoms with Gasteiger partial charge in [-0.05, 0) is 71.5 Å². The highest BCUT2D eigenvalue weighted by molar-refractivity contribution is 14.1. The monoisotopic (exact) mass is 419 g/mol. The number of rotatable bonds is 6. The van der Waals surface area contributed by atoms with E-state index in [0.29, 0.717) is 6.04 Å². The highest BCUT2D eigenvalue weighted by Crippen LogP contribution is 2.41. The summed E-state index contributed by atoms with van der Waals surface area (Å²) >= 11 is 8.67. The Morgan fingerprint density at radius 2 is 2.05 bits per heavy atom. The van der Waals surface area contributed by atoms with Crippen molar-refractivity contribution in [3.63, 3.8) is 0 Å². The van der Waals surface area contributed by atoms with Gasteiger partial charge in [-0.1, -0.05) is 57.2 Å². The molecule has 1 saturated carbocycles. The Morgan fingerprint density at radius 3 is 2.71 bits per heavy atom. The van der Waals surface area contributed by atoms with Gasteiger partial charge in [-0.25, -0.2) is 0 Å². The lowest BCUT2D eigenvalue weighted by Crippen LogP contribution is -2.35. The summed E-state index contributed by atoms with van der Waals surface area (Å²) in [4.78, 5) is 0. The molecule has 1 nitrogen and oxygen atoms in total. The van der Waals surface area contributed by atoms with Crippen LogP contribution in [0.3, 0.4) is 0 Å². The Morgan fingerprint density at radius 1 is 1.29 bits per heavy atom. The van der Waals surface area contributed by atoms with Crippen LogP contribution < -0.4 is 5.32 Å². The van der Waals surface area contributed by atoms with Crippen molar-refractivity contribution in [1.82, 2.24) is 5.32 Å². The first-order valence-electron chi connectivity index (χ1n) is 8.35. The van der Waals surface area contributed by atoms with Crippen molar-refractivity contribution in [2.45, 2.75) is 58.4 Å². The van der Waals surface area contributed by atoms with Gasteiger partial charge in [0.15, 0.2) is 0 Å². The summed E-state index contributed by atoms with van der Waals surface area (Å²) in [6, 6.07) is 7.06. The molecule has 1 aromatic carbocycles. The van der Waals surface area contributed by atoms with Crippen LogP contribution in [0, 0.1) is 15.4 Å². The fraction of sp³-hybridized carbons (Fsp3) is 0.667. The molecule has 1 aliphatic carbocycles. The number of nitrogens with one attached hydrogen (secondary N) is 1. The van der Waals surface area contributed by atoms with Gasteiger partial charge in [0.25, 0.3) is 0 Å². The highest BCUT2D eigenvalue weighted by Gasteiger charge is 2.31. The van der Waals surface area contributed by atoms with Crippen molar-refractivity contribution < 1.29 is 0 Å². The third kappa shape index (κ3) is 4.59. The van der Waals surface area contributed by atoms with E-state index in [1.165, 1.54) is 44.1 Å². The second kappa shape index (κ2) is 8.73. The van der Waals surface area contributed by atoms with Crippen LogP contribution in [0.4, 0.5) is 0 Å². The van der Waals surface area contributed by atoms with Crippen LogP contribution in [-0.2, 0) is 0 Å². The van der Waals surface area contributed by atoms with Crippen molar-refractivity contribution in [3.05, 3.63) is 32.4 Å². The molecule has 0 spiro atoms. The Balaban J connectivity index is 2.25. The van der Waals surface area contributed by atoms with E-state index in [9.17, 15) is 0 Å². The lowest BCUT2D eigenvalue weighted by molar-refractivity contribution is 0.175. The maximum Gasteiger partial charge on any atom is 0.0542 e. The second-order valence-corrected chi connectivity index (χ2v) is 7.79. The third-order valence-electron chi connectivity index (χ3n) is 4.84. The summed E-state index contributed by atoms with van der Waals surface area (Å²) in [5.74, 6) is 1.61. The van der Waals surface area contributed by atoms with Crippen molar-refractivity contribution >= 4 is 34.2 Å². The van der Waals surface area contributed by atoms with Crippen LogP contribution in [0.15, 0.2) is 18.2 Å². The predicted octanol–water partition coefficient (Wildman–Crippen LogP) is 6.20. The largest absolute Gasteiger partial charge is 0.310 e. The van der Waals surface area contributed by atoms with Crippen LogP contribution in [0.25, 0.3) is 0 Å². The van der Waals surface area contributed by atoms with Gasteiger partial charge in [0, 0.05) is 9.61 Å². The average molecular weight is 420 g/mol. The minimum Gasteiger partial charge on any atom is -0.310 e. The Hall–Kier alpha value is 0.200. The van der Waals surface area contributed by atoms with Gasteiger partial charge >= 0.3 is 0 Å². The van der Waals surface area contributed by atoms with Crippen molar-refractivity contribution in [3.8, 4) is 0 Å². The van der Waals surface area contributed by atoms with E-state index in [0.717, 1.165) is 27.0 Å². The van der Waals surface area contributed by atoms with Crippen molar-refractivity contribution in [2.24, 2.45) is 11.8 Å². The molecule has 21 heavy (non-hydrogen) atoms. The molecule has 1 aromatic rings. The molecule has 0 aliphatic heterocycles. The van der Waals surface area contributed by atoms with E-state index in [4.69, 9.17) is 11.6 Å². The Bertz CT molecular complexity index is 449. The molecule has 0 aromatic heterocycles. The maximum atomic E-state index is 6.37. The zero-order chi connectivity index (χ0) is 15.2. The summed E-state index contributed by atoms with van der Waals surface area (Å²) in [6.45, 7) is 5.67. The summed E-state index contributed by atoms with van der Waals surface area (Å²) in [6.07, 6.45) is 8.00. The van der Waals surface area contributed by atoms with Gasteiger partial charge in [-0.15, -0.1) is 0 Å². The second-order valence-electron chi connectivity index (χ2n) is 6.22. The van der Waals surface area contributed by atoms with Crippen molar-refractivity contribution in [1.29, 1.82) is 0 Å². The van der Waals surface area contributed by atoms with E-state index < -0.39 is 0 Å². The number of hydrogen-bond donors (Lipinski definition) is 1. The molecule has 0 amide bonds. The van der Waals surface area contributed by atoms with Gasteiger partial charge in [-0.3, -0.25) is 0 Å².